The zero-order valence-corrected chi connectivity index (χ0v) is 18.4. The lowest BCUT2D eigenvalue weighted by atomic mass is 10.2. The van der Waals surface area contributed by atoms with E-state index in [1.54, 1.807) is 22.6 Å². The number of anilines is 1. The van der Waals surface area contributed by atoms with E-state index in [9.17, 15) is 9.59 Å². The monoisotopic (exact) mass is 425 g/mol. The molecule has 1 aromatic heterocycles. The third-order valence-electron chi connectivity index (χ3n) is 4.81. The topological polar surface area (TPSA) is 64.4 Å². The molecule has 0 aliphatic carbocycles. The summed E-state index contributed by atoms with van der Waals surface area (Å²) in [6.07, 6.45) is 0.702. The normalized spacial score (nSPS) is 12.1. The van der Waals surface area contributed by atoms with Gasteiger partial charge in [-0.2, -0.15) is 0 Å². The first-order valence-electron chi connectivity index (χ1n) is 10.1. The standard InChI is InChI=1S/C23H27N3O3S/c1-4-29-16-10-15-26-22(28)19-13-8-9-14-20(19)24-23(26)30-17(2)21(27)25(3)18-11-6-5-7-12-18/h5-9,11-14,17H,4,10,15-16H2,1-3H3. The highest BCUT2D eigenvalue weighted by molar-refractivity contribution is 8.00. The summed E-state index contributed by atoms with van der Waals surface area (Å²) >= 11 is 1.31. The van der Waals surface area contributed by atoms with E-state index in [4.69, 9.17) is 9.72 Å². The van der Waals surface area contributed by atoms with Crippen LogP contribution in [0.3, 0.4) is 0 Å². The fourth-order valence-corrected chi connectivity index (χ4v) is 4.19. The van der Waals surface area contributed by atoms with Crippen LogP contribution in [-0.4, -0.2) is 41.0 Å². The quantitative estimate of drug-likeness (QED) is 0.295. The number of para-hydroxylation sites is 2. The maximum absolute atomic E-state index is 13.1. The molecular weight excluding hydrogens is 398 g/mol. The predicted molar refractivity (Wildman–Crippen MR) is 122 cm³/mol. The van der Waals surface area contributed by atoms with Crippen molar-refractivity contribution < 1.29 is 9.53 Å². The predicted octanol–water partition coefficient (Wildman–Crippen LogP) is 3.97. The van der Waals surface area contributed by atoms with Crippen LogP contribution in [0.15, 0.2) is 64.5 Å². The van der Waals surface area contributed by atoms with Crippen molar-refractivity contribution in [2.75, 3.05) is 25.2 Å². The number of ether oxygens (including phenoxy) is 1. The van der Waals surface area contributed by atoms with Crippen molar-refractivity contribution in [1.29, 1.82) is 0 Å². The molecule has 0 aliphatic rings. The second-order valence-corrected chi connectivity index (χ2v) is 8.22. The molecule has 2 aromatic carbocycles. The molecule has 0 saturated heterocycles. The largest absolute Gasteiger partial charge is 0.382 e. The SMILES string of the molecule is CCOCCCn1c(SC(C)C(=O)N(C)c2ccccc2)nc2ccccc2c1=O. The Kier molecular flexibility index (Phi) is 7.65. The van der Waals surface area contributed by atoms with E-state index in [-0.39, 0.29) is 11.5 Å². The van der Waals surface area contributed by atoms with Gasteiger partial charge in [0.15, 0.2) is 5.16 Å². The highest BCUT2D eigenvalue weighted by Gasteiger charge is 2.23. The summed E-state index contributed by atoms with van der Waals surface area (Å²) in [4.78, 5) is 32.4. The van der Waals surface area contributed by atoms with Gasteiger partial charge in [-0.1, -0.05) is 42.1 Å². The van der Waals surface area contributed by atoms with Gasteiger partial charge in [0.1, 0.15) is 0 Å². The number of hydrogen-bond donors (Lipinski definition) is 0. The lowest BCUT2D eigenvalue weighted by Gasteiger charge is -2.22. The van der Waals surface area contributed by atoms with Crippen molar-refractivity contribution in [3.63, 3.8) is 0 Å². The Morgan fingerprint density at radius 1 is 1.17 bits per heavy atom. The molecular formula is C23H27N3O3S. The van der Waals surface area contributed by atoms with E-state index >= 15 is 0 Å². The Labute approximate surface area is 180 Å². The lowest BCUT2D eigenvalue weighted by molar-refractivity contribution is -0.117. The minimum atomic E-state index is -0.401. The van der Waals surface area contributed by atoms with Crippen molar-refractivity contribution in [3.8, 4) is 0 Å². The van der Waals surface area contributed by atoms with Crippen LogP contribution in [0, 0.1) is 0 Å². The maximum Gasteiger partial charge on any atom is 0.262 e. The Hall–Kier alpha value is -2.64. The van der Waals surface area contributed by atoms with Gasteiger partial charge in [-0.25, -0.2) is 4.98 Å². The fraction of sp³-hybridized carbons (Fsp3) is 0.348. The number of carbonyl (C=O) groups is 1. The second kappa shape index (κ2) is 10.4. The molecule has 0 spiro atoms. The molecule has 0 aliphatic heterocycles. The summed E-state index contributed by atoms with van der Waals surface area (Å²) < 4.78 is 7.08. The summed E-state index contributed by atoms with van der Waals surface area (Å²) in [6, 6.07) is 16.8. The molecule has 0 fully saturated rings. The average Bonchev–Trinajstić information content (AvgIpc) is 2.78. The van der Waals surface area contributed by atoms with Crippen molar-refractivity contribution in [3.05, 3.63) is 65.0 Å². The molecule has 1 heterocycles. The van der Waals surface area contributed by atoms with Gasteiger partial charge in [-0.05, 0) is 44.5 Å². The zero-order valence-electron chi connectivity index (χ0n) is 17.6. The van der Waals surface area contributed by atoms with Crippen LogP contribution >= 0.6 is 11.8 Å². The van der Waals surface area contributed by atoms with Crippen LogP contribution < -0.4 is 10.5 Å². The number of carbonyl (C=O) groups excluding carboxylic acids is 1. The number of amides is 1. The summed E-state index contributed by atoms with van der Waals surface area (Å²) in [6.45, 7) is 5.50. The summed E-state index contributed by atoms with van der Waals surface area (Å²) in [7, 11) is 1.76. The van der Waals surface area contributed by atoms with Gasteiger partial charge in [0.05, 0.1) is 16.2 Å². The number of aromatic nitrogens is 2. The molecule has 0 N–H and O–H groups in total. The number of fused-ring (bicyclic) bond motifs is 1. The van der Waals surface area contributed by atoms with E-state index in [0.717, 1.165) is 5.69 Å². The van der Waals surface area contributed by atoms with E-state index in [2.05, 4.69) is 0 Å². The number of rotatable bonds is 9. The van der Waals surface area contributed by atoms with Gasteiger partial charge in [0.2, 0.25) is 5.91 Å². The van der Waals surface area contributed by atoms with Crippen molar-refractivity contribution in [2.24, 2.45) is 0 Å². The van der Waals surface area contributed by atoms with E-state index < -0.39 is 5.25 Å². The average molecular weight is 426 g/mol. The third kappa shape index (κ3) is 5.09. The Morgan fingerprint density at radius 3 is 2.60 bits per heavy atom. The van der Waals surface area contributed by atoms with Crippen molar-refractivity contribution >= 4 is 34.3 Å². The minimum absolute atomic E-state index is 0.0468. The highest BCUT2D eigenvalue weighted by atomic mass is 32.2. The van der Waals surface area contributed by atoms with Crippen molar-refractivity contribution in [1.82, 2.24) is 9.55 Å². The van der Waals surface area contributed by atoms with Gasteiger partial charge in [-0.15, -0.1) is 0 Å². The molecule has 1 amide bonds. The molecule has 1 atom stereocenters. The molecule has 0 bridgehead atoms. The van der Waals surface area contributed by atoms with E-state index in [0.29, 0.717) is 42.2 Å². The first kappa shape index (κ1) is 22.1. The Bertz CT molecular complexity index is 1050. The molecule has 7 heteroatoms. The van der Waals surface area contributed by atoms with E-state index in [1.807, 2.05) is 62.4 Å². The molecule has 3 aromatic rings. The lowest BCUT2D eigenvalue weighted by Crippen LogP contribution is -2.34. The van der Waals surface area contributed by atoms with Gasteiger partial charge in [-0.3, -0.25) is 14.2 Å². The first-order valence-corrected chi connectivity index (χ1v) is 11.0. The Morgan fingerprint density at radius 2 is 1.87 bits per heavy atom. The van der Waals surface area contributed by atoms with E-state index in [1.165, 1.54) is 11.8 Å². The maximum atomic E-state index is 13.1. The van der Waals surface area contributed by atoms with Crippen molar-refractivity contribution in [2.45, 2.75) is 37.2 Å². The van der Waals surface area contributed by atoms with Crippen LogP contribution in [0.1, 0.15) is 20.3 Å². The fourth-order valence-electron chi connectivity index (χ4n) is 3.16. The molecule has 3 rings (SSSR count). The van der Waals surface area contributed by atoms with Gasteiger partial charge < -0.3 is 9.64 Å². The molecule has 6 nitrogen and oxygen atoms in total. The third-order valence-corrected chi connectivity index (χ3v) is 5.88. The minimum Gasteiger partial charge on any atom is -0.382 e. The first-order chi connectivity index (χ1) is 14.5. The van der Waals surface area contributed by atoms with Crippen LogP contribution in [0.2, 0.25) is 0 Å². The number of benzene rings is 2. The number of nitrogens with zero attached hydrogens (tertiary/aromatic N) is 3. The Balaban J connectivity index is 1.87. The van der Waals surface area contributed by atoms with Crippen LogP contribution in [0.4, 0.5) is 5.69 Å². The summed E-state index contributed by atoms with van der Waals surface area (Å²) in [5.41, 5.74) is 1.38. The number of hydrogen-bond acceptors (Lipinski definition) is 5. The van der Waals surface area contributed by atoms with Gasteiger partial charge in [0.25, 0.3) is 5.56 Å². The molecule has 158 valence electrons. The molecule has 0 saturated carbocycles. The molecule has 1 unspecified atom stereocenters. The second-order valence-electron chi connectivity index (χ2n) is 6.91. The zero-order chi connectivity index (χ0) is 21.5. The van der Waals surface area contributed by atoms with Crippen LogP contribution in [-0.2, 0) is 16.1 Å². The van der Waals surface area contributed by atoms with Crippen LogP contribution in [0.25, 0.3) is 10.9 Å². The van der Waals surface area contributed by atoms with Gasteiger partial charge >= 0.3 is 0 Å². The molecule has 0 radical (unpaired) electrons. The van der Waals surface area contributed by atoms with Gasteiger partial charge in [0, 0.05) is 32.5 Å². The summed E-state index contributed by atoms with van der Waals surface area (Å²) in [5.74, 6) is -0.0468. The smallest absolute Gasteiger partial charge is 0.262 e. The summed E-state index contributed by atoms with van der Waals surface area (Å²) in [5, 5.41) is 0.734. The van der Waals surface area contributed by atoms with Crippen LogP contribution in [0.5, 0.6) is 0 Å². The highest BCUT2D eigenvalue weighted by Crippen LogP contribution is 2.25. The number of thioether (sulfide) groups is 1. The molecule has 30 heavy (non-hydrogen) atoms.